The second-order valence-electron chi connectivity index (χ2n) is 4.04. The smallest absolute Gasteiger partial charge is 0.0737 e. The Bertz CT molecular complexity index is 471. The van der Waals surface area contributed by atoms with E-state index in [-0.39, 0.29) is 0 Å². The van der Waals surface area contributed by atoms with Crippen molar-refractivity contribution in [2.24, 2.45) is 0 Å². The minimum Gasteiger partial charge on any atom is -0.372 e. The highest BCUT2D eigenvalue weighted by atomic mass is 16.5. The van der Waals surface area contributed by atoms with Gasteiger partial charge in [0.15, 0.2) is 0 Å². The zero-order valence-corrected chi connectivity index (χ0v) is 8.72. The molecule has 2 aliphatic rings. The van der Waals surface area contributed by atoms with Crippen LogP contribution in [0.3, 0.4) is 0 Å². The molecule has 0 unspecified atom stereocenters. The summed E-state index contributed by atoms with van der Waals surface area (Å²) in [6.45, 7) is 4.84. The lowest BCUT2D eigenvalue weighted by Crippen LogP contribution is -2.01. The fourth-order valence-corrected chi connectivity index (χ4v) is 2.53. The predicted octanol–water partition coefficient (Wildman–Crippen LogP) is 2.04. The van der Waals surface area contributed by atoms with Gasteiger partial charge in [-0.2, -0.15) is 0 Å². The van der Waals surface area contributed by atoms with Crippen LogP contribution in [0.15, 0.2) is 0 Å². The first-order valence-electron chi connectivity index (χ1n) is 5.11. The van der Waals surface area contributed by atoms with Gasteiger partial charge in [-0.1, -0.05) is 5.92 Å². The molecule has 1 aromatic carbocycles. The van der Waals surface area contributed by atoms with Crippen LogP contribution in [0.2, 0.25) is 0 Å². The molecule has 0 saturated carbocycles. The van der Waals surface area contributed by atoms with E-state index in [4.69, 9.17) is 15.9 Å². The summed E-state index contributed by atoms with van der Waals surface area (Å²) in [6.07, 6.45) is 5.57. The molecule has 0 aromatic heterocycles. The van der Waals surface area contributed by atoms with Gasteiger partial charge in [0.05, 0.1) is 26.4 Å². The molecule has 3 rings (SSSR count). The molecular formula is C13H12O2. The van der Waals surface area contributed by atoms with Gasteiger partial charge in [-0.3, -0.25) is 0 Å². The topological polar surface area (TPSA) is 18.5 Å². The van der Waals surface area contributed by atoms with Crippen molar-refractivity contribution in [1.82, 2.24) is 0 Å². The molecule has 76 valence electrons. The normalized spacial score (nSPS) is 17.3. The van der Waals surface area contributed by atoms with E-state index in [9.17, 15) is 0 Å². The second-order valence-corrected chi connectivity index (χ2v) is 4.04. The Morgan fingerprint density at radius 3 is 2.13 bits per heavy atom. The van der Waals surface area contributed by atoms with E-state index in [1.165, 1.54) is 27.8 Å². The molecule has 2 nitrogen and oxygen atoms in total. The molecule has 0 spiro atoms. The minimum absolute atomic E-state index is 0.656. The Hall–Kier alpha value is -1.30. The Morgan fingerprint density at radius 1 is 0.933 bits per heavy atom. The van der Waals surface area contributed by atoms with Crippen LogP contribution in [-0.2, 0) is 35.9 Å². The van der Waals surface area contributed by atoms with Gasteiger partial charge >= 0.3 is 0 Å². The lowest BCUT2D eigenvalue weighted by Gasteiger charge is -2.11. The molecule has 15 heavy (non-hydrogen) atoms. The quantitative estimate of drug-likeness (QED) is 0.597. The molecule has 0 aliphatic carbocycles. The summed E-state index contributed by atoms with van der Waals surface area (Å²) < 4.78 is 11.0. The summed E-state index contributed by atoms with van der Waals surface area (Å²) >= 11 is 0. The number of terminal acetylenes is 1. The maximum absolute atomic E-state index is 5.57. The first-order valence-corrected chi connectivity index (χ1v) is 5.11. The van der Waals surface area contributed by atoms with Crippen LogP contribution >= 0.6 is 0 Å². The molecule has 0 N–H and O–H groups in total. The van der Waals surface area contributed by atoms with E-state index in [2.05, 4.69) is 12.8 Å². The van der Waals surface area contributed by atoms with E-state index in [0.29, 0.717) is 26.4 Å². The fourth-order valence-electron chi connectivity index (χ4n) is 2.53. The van der Waals surface area contributed by atoms with E-state index in [1.54, 1.807) is 0 Å². The van der Waals surface area contributed by atoms with Gasteiger partial charge in [-0.15, -0.1) is 6.42 Å². The van der Waals surface area contributed by atoms with E-state index >= 15 is 0 Å². The highest BCUT2D eigenvalue weighted by Gasteiger charge is 2.27. The third kappa shape index (κ3) is 1.08. The minimum atomic E-state index is 0.656. The second kappa shape index (κ2) is 3.10. The van der Waals surface area contributed by atoms with Gasteiger partial charge in [0, 0.05) is 5.56 Å². The third-order valence-electron chi connectivity index (χ3n) is 3.35. The van der Waals surface area contributed by atoms with Crippen LogP contribution in [0.25, 0.3) is 0 Å². The first-order chi connectivity index (χ1) is 7.33. The maximum Gasteiger partial charge on any atom is 0.0737 e. The third-order valence-corrected chi connectivity index (χ3v) is 3.35. The summed E-state index contributed by atoms with van der Waals surface area (Å²) in [4.78, 5) is 0. The van der Waals surface area contributed by atoms with Crippen LogP contribution in [0.1, 0.15) is 33.4 Å². The van der Waals surface area contributed by atoms with Crippen LogP contribution in [0.5, 0.6) is 0 Å². The summed E-state index contributed by atoms with van der Waals surface area (Å²) in [7, 11) is 0. The molecule has 0 amide bonds. The number of ether oxygens (including phenoxy) is 2. The summed E-state index contributed by atoms with van der Waals surface area (Å²) in [6, 6.07) is 0. The standard InChI is InChI=1S/C13H12O2/c1-3-9-8(2)10-4-14-6-12(10)13-7-15-5-11(9)13/h1H,4-7H2,2H3. The van der Waals surface area contributed by atoms with Gasteiger partial charge in [-0.25, -0.2) is 0 Å². The molecule has 2 heterocycles. The zero-order valence-electron chi connectivity index (χ0n) is 8.72. The van der Waals surface area contributed by atoms with Gasteiger partial charge in [0.25, 0.3) is 0 Å². The lowest BCUT2D eigenvalue weighted by molar-refractivity contribution is 0.126. The fraction of sp³-hybridized carbons (Fsp3) is 0.385. The molecule has 0 bridgehead atoms. The molecule has 1 aromatic rings. The number of fused-ring (bicyclic) bond motifs is 3. The van der Waals surface area contributed by atoms with E-state index < -0.39 is 0 Å². The number of benzene rings is 1. The SMILES string of the molecule is C#Cc1c(C)c2c(c3c1COC3)COC2. The van der Waals surface area contributed by atoms with Crippen molar-refractivity contribution < 1.29 is 9.47 Å². The van der Waals surface area contributed by atoms with Crippen molar-refractivity contribution in [3.05, 3.63) is 33.4 Å². The highest BCUT2D eigenvalue weighted by molar-refractivity contribution is 5.58. The van der Waals surface area contributed by atoms with Crippen molar-refractivity contribution in [2.75, 3.05) is 0 Å². The number of rotatable bonds is 0. The van der Waals surface area contributed by atoms with Gasteiger partial charge in [-0.05, 0) is 34.7 Å². The Labute approximate surface area is 89.2 Å². The maximum atomic E-state index is 5.57. The van der Waals surface area contributed by atoms with Gasteiger partial charge < -0.3 is 9.47 Å². The summed E-state index contributed by atoms with van der Waals surface area (Å²) in [5.74, 6) is 2.79. The monoisotopic (exact) mass is 200 g/mol. The van der Waals surface area contributed by atoms with Crippen LogP contribution in [0, 0.1) is 19.3 Å². The average Bonchev–Trinajstić information content (AvgIpc) is 2.84. The predicted molar refractivity (Wildman–Crippen MR) is 56.1 cm³/mol. The van der Waals surface area contributed by atoms with Gasteiger partial charge in [0.2, 0.25) is 0 Å². The van der Waals surface area contributed by atoms with Crippen LogP contribution < -0.4 is 0 Å². The zero-order chi connectivity index (χ0) is 10.4. The molecular weight excluding hydrogens is 188 g/mol. The van der Waals surface area contributed by atoms with Crippen molar-refractivity contribution >= 4 is 0 Å². The first kappa shape index (κ1) is 8.96. The summed E-state index contributed by atoms with van der Waals surface area (Å²) in [5, 5.41) is 0. The molecule has 0 saturated heterocycles. The Balaban J connectivity index is 2.37. The van der Waals surface area contributed by atoms with Crippen molar-refractivity contribution in [1.29, 1.82) is 0 Å². The molecule has 2 aliphatic heterocycles. The number of hydrogen-bond donors (Lipinski definition) is 0. The Morgan fingerprint density at radius 2 is 1.47 bits per heavy atom. The molecule has 0 radical (unpaired) electrons. The number of hydrogen-bond acceptors (Lipinski definition) is 2. The van der Waals surface area contributed by atoms with Gasteiger partial charge in [0.1, 0.15) is 0 Å². The van der Waals surface area contributed by atoms with Crippen molar-refractivity contribution in [3.63, 3.8) is 0 Å². The molecule has 2 heteroatoms. The average molecular weight is 200 g/mol. The van der Waals surface area contributed by atoms with Crippen molar-refractivity contribution in [3.8, 4) is 12.3 Å². The Kier molecular flexibility index (Phi) is 1.85. The van der Waals surface area contributed by atoms with E-state index in [0.717, 1.165) is 5.56 Å². The van der Waals surface area contributed by atoms with Crippen molar-refractivity contribution in [2.45, 2.75) is 33.4 Å². The lowest BCUT2D eigenvalue weighted by atomic mass is 9.90. The largest absolute Gasteiger partial charge is 0.372 e. The van der Waals surface area contributed by atoms with Crippen LogP contribution in [0.4, 0.5) is 0 Å². The summed E-state index contributed by atoms with van der Waals surface area (Å²) in [5.41, 5.74) is 7.31. The van der Waals surface area contributed by atoms with Crippen LogP contribution in [-0.4, -0.2) is 0 Å². The van der Waals surface area contributed by atoms with E-state index in [1.807, 2.05) is 0 Å². The molecule has 0 atom stereocenters. The molecule has 0 fully saturated rings. The highest BCUT2D eigenvalue weighted by Crippen LogP contribution is 2.36.